The Bertz CT molecular complexity index is 1250. The van der Waals surface area contributed by atoms with Crippen molar-refractivity contribution in [3.05, 3.63) is 36.5 Å². The second-order valence-corrected chi connectivity index (χ2v) is 22.7. The Kier molecular flexibility index (Phi) is 62.1. The van der Waals surface area contributed by atoms with E-state index in [0.29, 0.717) is 19.3 Å². The molecule has 0 rings (SSSR count). The summed E-state index contributed by atoms with van der Waals surface area (Å²) in [5, 5.41) is 0. The van der Waals surface area contributed by atoms with Crippen molar-refractivity contribution < 1.29 is 28.6 Å². The van der Waals surface area contributed by atoms with Gasteiger partial charge in [0.05, 0.1) is 0 Å². The van der Waals surface area contributed by atoms with Crippen LogP contribution in [0.1, 0.15) is 367 Å². The number of allylic oxidation sites excluding steroid dienone is 6. The highest BCUT2D eigenvalue weighted by atomic mass is 16.6. The van der Waals surface area contributed by atoms with Crippen molar-refractivity contribution in [1.82, 2.24) is 0 Å². The molecule has 0 aromatic rings. The van der Waals surface area contributed by atoms with Crippen molar-refractivity contribution in [2.45, 2.75) is 374 Å². The lowest BCUT2D eigenvalue weighted by Gasteiger charge is -2.18. The molecule has 0 spiro atoms. The van der Waals surface area contributed by atoms with Crippen LogP contribution in [0.5, 0.6) is 0 Å². The van der Waals surface area contributed by atoms with Crippen LogP contribution in [0.25, 0.3) is 0 Å². The average Bonchev–Trinajstić information content (AvgIpc) is 3.41. The molecule has 1 atom stereocenters. The first kappa shape index (κ1) is 72.6. The maximum Gasteiger partial charge on any atom is 0.306 e. The lowest BCUT2D eigenvalue weighted by molar-refractivity contribution is -0.167. The first-order valence-corrected chi connectivity index (χ1v) is 33.5. The van der Waals surface area contributed by atoms with Crippen molar-refractivity contribution in [3.63, 3.8) is 0 Å². The fourth-order valence-electron chi connectivity index (χ4n) is 10.1. The van der Waals surface area contributed by atoms with E-state index in [4.69, 9.17) is 14.2 Å². The molecule has 0 amide bonds. The van der Waals surface area contributed by atoms with Gasteiger partial charge in [-0.2, -0.15) is 0 Å². The largest absolute Gasteiger partial charge is 0.462 e. The second kappa shape index (κ2) is 64.2. The van der Waals surface area contributed by atoms with Gasteiger partial charge in [-0.25, -0.2) is 0 Å². The third-order valence-electron chi connectivity index (χ3n) is 15.1. The van der Waals surface area contributed by atoms with Crippen molar-refractivity contribution in [3.8, 4) is 0 Å². The van der Waals surface area contributed by atoms with Crippen molar-refractivity contribution in [2.75, 3.05) is 13.2 Å². The third kappa shape index (κ3) is 62.4. The van der Waals surface area contributed by atoms with Gasteiger partial charge in [0.1, 0.15) is 13.2 Å². The minimum absolute atomic E-state index is 0.0725. The van der Waals surface area contributed by atoms with E-state index >= 15 is 0 Å². The molecule has 0 heterocycles. The van der Waals surface area contributed by atoms with Gasteiger partial charge in [-0.15, -0.1) is 0 Å². The minimum atomic E-state index is -0.775. The van der Waals surface area contributed by atoms with E-state index in [1.54, 1.807) is 0 Å². The van der Waals surface area contributed by atoms with Crippen LogP contribution in [0.15, 0.2) is 36.5 Å². The SMILES string of the molecule is CCCCC/C=C\C/C=C\C/C=C\CCCCCCCCC(=O)OC(COC(=O)CCCCCCCCCCCC)COC(=O)CCCCCCCCCCCCCCCCCCCCCCCCCCCCCC. The van der Waals surface area contributed by atoms with Crippen LogP contribution in [0.3, 0.4) is 0 Å². The van der Waals surface area contributed by atoms with Crippen LogP contribution in [0, 0.1) is 0 Å². The molecule has 0 N–H and O–H groups in total. The number of unbranched alkanes of at least 4 members (excludes halogenated alkanes) is 45. The summed E-state index contributed by atoms with van der Waals surface area (Å²) in [6.45, 7) is 6.65. The molecule has 0 aliphatic rings. The monoisotopic (exact) mass is 1050 g/mol. The molecule has 6 nitrogen and oxygen atoms in total. The number of hydrogen-bond acceptors (Lipinski definition) is 6. The van der Waals surface area contributed by atoms with Gasteiger partial charge in [0, 0.05) is 19.3 Å². The summed E-state index contributed by atoms with van der Waals surface area (Å²) >= 11 is 0. The summed E-state index contributed by atoms with van der Waals surface area (Å²) in [6.07, 6.45) is 78.9. The number of hydrogen-bond donors (Lipinski definition) is 0. The number of carbonyl (C=O) groups excluding carboxylic acids is 3. The molecule has 6 heteroatoms. The molecule has 0 aliphatic carbocycles. The van der Waals surface area contributed by atoms with Crippen LogP contribution >= 0.6 is 0 Å². The van der Waals surface area contributed by atoms with Gasteiger partial charge in [0.15, 0.2) is 6.10 Å². The zero-order valence-electron chi connectivity index (χ0n) is 50.6. The summed E-state index contributed by atoms with van der Waals surface area (Å²) in [5.41, 5.74) is 0. The molecule has 0 aromatic heterocycles. The average molecular weight is 1050 g/mol. The van der Waals surface area contributed by atoms with Gasteiger partial charge in [0.2, 0.25) is 0 Å². The molecule has 0 fully saturated rings. The normalized spacial score (nSPS) is 12.2. The lowest BCUT2D eigenvalue weighted by Crippen LogP contribution is -2.30. The molecule has 0 saturated carbocycles. The van der Waals surface area contributed by atoms with E-state index in [1.165, 1.54) is 250 Å². The Balaban J connectivity index is 4.14. The van der Waals surface area contributed by atoms with Crippen LogP contribution in [0.2, 0.25) is 0 Å². The molecular formula is C69H128O6. The van der Waals surface area contributed by atoms with Gasteiger partial charge in [-0.05, 0) is 57.8 Å². The second-order valence-electron chi connectivity index (χ2n) is 22.7. The Labute approximate surface area is 467 Å². The number of ether oxygens (including phenoxy) is 3. The van der Waals surface area contributed by atoms with E-state index < -0.39 is 6.10 Å². The molecule has 440 valence electrons. The molecule has 0 bridgehead atoms. The number of rotatable bonds is 62. The van der Waals surface area contributed by atoms with Gasteiger partial charge in [-0.1, -0.05) is 327 Å². The van der Waals surface area contributed by atoms with Crippen molar-refractivity contribution in [1.29, 1.82) is 0 Å². The Hall–Kier alpha value is -2.37. The topological polar surface area (TPSA) is 78.9 Å². The first-order valence-electron chi connectivity index (χ1n) is 33.5. The van der Waals surface area contributed by atoms with E-state index in [1.807, 2.05) is 0 Å². The fraction of sp³-hybridized carbons (Fsp3) is 0.870. The summed E-state index contributed by atoms with van der Waals surface area (Å²) in [7, 11) is 0. The van der Waals surface area contributed by atoms with Gasteiger partial charge in [-0.3, -0.25) is 14.4 Å². The van der Waals surface area contributed by atoms with Crippen LogP contribution in [-0.4, -0.2) is 37.2 Å². The predicted octanol–water partition coefficient (Wildman–Crippen LogP) is 22.8. The van der Waals surface area contributed by atoms with E-state index in [0.717, 1.165) is 77.0 Å². The van der Waals surface area contributed by atoms with Crippen LogP contribution < -0.4 is 0 Å². The smallest absolute Gasteiger partial charge is 0.306 e. The fourth-order valence-corrected chi connectivity index (χ4v) is 10.1. The highest BCUT2D eigenvalue weighted by Crippen LogP contribution is 2.18. The molecule has 75 heavy (non-hydrogen) atoms. The zero-order valence-corrected chi connectivity index (χ0v) is 50.6. The molecule has 0 radical (unpaired) electrons. The molecule has 0 aromatic carbocycles. The quantitative estimate of drug-likeness (QED) is 0.0261. The number of esters is 3. The standard InChI is InChI=1S/C69H128O6/c1-4-7-10-13-16-19-22-24-26-28-30-31-32-33-34-35-36-37-38-40-41-43-45-47-50-53-56-59-62-68(71)74-65-66(64-73-67(70)61-58-55-52-49-21-18-15-12-9-6-3)75-69(72)63-60-57-54-51-48-46-44-42-39-29-27-25-23-20-17-14-11-8-5-2/h17,20,25,27,39,42,66H,4-16,18-19,21-24,26,28-38,40-41,43-65H2,1-3H3/b20-17-,27-25-,42-39-. The van der Waals surface area contributed by atoms with Gasteiger partial charge in [0.25, 0.3) is 0 Å². The van der Waals surface area contributed by atoms with E-state index in [2.05, 4.69) is 57.2 Å². The summed E-state index contributed by atoms with van der Waals surface area (Å²) in [5.74, 6) is -0.863. The predicted molar refractivity (Wildman–Crippen MR) is 326 cm³/mol. The van der Waals surface area contributed by atoms with Crippen LogP contribution in [0.4, 0.5) is 0 Å². The lowest BCUT2D eigenvalue weighted by atomic mass is 10.0. The van der Waals surface area contributed by atoms with Gasteiger partial charge >= 0.3 is 17.9 Å². The molecule has 1 unspecified atom stereocenters. The summed E-state index contributed by atoms with van der Waals surface area (Å²) in [6, 6.07) is 0. The Morgan fingerprint density at radius 2 is 0.480 bits per heavy atom. The highest BCUT2D eigenvalue weighted by Gasteiger charge is 2.19. The molecule has 0 saturated heterocycles. The Morgan fingerprint density at radius 1 is 0.267 bits per heavy atom. The van der Waals surface area contributed by atoms with Crippen molar-refractivity contribution in [2.24, 2.45) is 0 Å². The summed E-state index contributed by atoms with van der Waals surface area (Å²) in [4.78, 5) is 38.2. The highest BCUT2D eigenvalue weighted by molar-refractivity contribution is 5.71. The Morgan fingerprint density at radius 3 is 0.773 bits per heavy atom. The summed E-state index contributed by atoms with van der Waals surface area (Å²) < 4.78 is 16.9. The molecule has 0 aliphatic heterocycles. The van der Waals surface area contributed by atoms with E-state index in [-0.39, 0.29) is 31.1 Å². The maximum atomic E-state index is 12.9. The van der Waals surface area contributed by atoms with E-state index in [9.17, 15) is 14.4 Å². The third-order valence-corrected chi connectivity index (χ3v) is 15.1. The molecular weight excluding hydrogens is 925 g/mol. The van der Waals surface area contributed by atoms with Gasteiger partial charge < -0.3 is 14.2 Å². The van der Waals surface area contributed by atoms with Crippen molar-refractivity contribution >= 4 is 17.9 Å². The minimum Gasteiger partial charge on any atom is -0.462 e. The first-order chi connectivity index (χ1) is 37.0. The van der Waals surface area contributed by atoms with Crippen LogP contribution in [-0.2, 0) is 28.6 Å². The maximum absolute atomic E-state index is 12.9. The number of carbonyl (C=O) groups is 3. The zero-order chi connectivity index (χ0) is 54.3.